The summed E-state index contributed by atoms with van der Waals surface area (Å²) in [6, 6.07) is 6.65. The predicted molar refractivity (Wildman–Crippen MR) is 122 cm³/mol. The highest BCUT2D eigenvalue weighted by Crippen LogP contribution is 2.42. The minimum absolute atomic E-state index is 0.0143. The summed E-state index contributed by atoms with van der Waals surface area (Å²) in [7, 11) is 1.50. The molecule has 0 spiro atoms. The van der Waals surface area contributed by atoms with Crippen molar-refractivity contribution in [3.63, 3.8) is 0 Å². The van der Waals surface area contributed by atoms with Crippen LogP contribution in [0.2, 0.25) is 0 Å². The number of esters is 1. The Labute approximate surface area is 198 Å². The van der Waals surface area contributed by atoms with Gasteiger partial charge in [0.15, 0.2) is 0 Å². The van der Waals surface area contributed by atoms with Crippen molar-refractivity contribution in [3.8, 4) is 5.75 Å². The largest absolute Gasteiger partial charge is 0.497 e. The number of hydrogen-bond acceptors (Lipinski definition) is 5. The summed E-state index contributed by atoms with van der Waals surface area (Å²) < 4.78 is 54.5. The van der Waals surface area contributed by atoms with E-state index in [-0.39, 0.29) is 36.4 Å². The van der Waals surface area contributed by atoms with Crippen LogP contribution in [-0.2, 0) is 38.9 Å². The van der Waals surface area contributed by atoms with E-state index < -0.39 is 35.8 Å². The quantitative estimate of drug-likeness (QED) is 0.396. The van der Waals surface area contributed by atoms with Crippen molar-refractivity contribution < 1.29 is 32.2 Å². The molecule has 0 saturated heterocycles. The minimum atomic E-state index is -4.72. The van der Waals surface area contributed by atoms with Crippen LogP contribution in [0.5, 0.6) is 5.75 Å². The van der Waals surface area contributed by atoms with Gasteiger partial charge in [-0.05, 0) is 43.4 Å². The summed E-state index contributed by atoms with van der Waals surface area (Å²) in [5, 5.41) is 4.25. The van der Waals surface area contributed by atoms with Gasteiger partial charge in [-0.1, -0.05) is 32.9 Å². The molecule has 0 aliphatic heterocycles. The van der Waals surface area contributed by atoms with E-state index in [4.69, 9.17) is 9.47 Å². The number of rotatable bonds is 11. The van der Waals surface area contributed by atoms with Gasteiger partial charge in [0.1, 0.15) is 17.2 Å². The molecule has 0 amide bonds. The molecule has 0 unspecified atom stereocenters. The van der Waals surface area contributed by atoms with Gasteiger partial charge in [0.25, 0.3) is 0 Å². The van der Waals surface area contributed by atoms with Crippen molar-refractivity contribution in [1.29, 1.82) is 0 Å². The highest BCUT2D eigenvalue weighted by atomic mass is 19.4. The van der Waals surface area contributed by atoms with Gasteiger partial charge >= 0.3 is 12.1 Å². The van der Waals surface area contributed by atoms with Gasteiger partial charge < -0.3 is 9.47 Å². The molecule has 2 aromatic rings. The second kappa shape index (κ2) is 11.1. The van der Waals surface area contributed by atoms with E-state index >= 15 is 0 Å². The maximum atomic E-state index is 14.4. The number of methoxy groups -OCH3 is 1. The second-order valence-corrected chi connectivity index (χ2v) is 9.17. The highest BCUT2D eigenvalue weighted by molar-refractivity contribution is 5.78. The first-order valence-electron chi connectivity index (χ1n) is 11.3. The average molecular weight is 483 g/mol. The number of carbonyl (C=O) groups excluding carboxylic acids is 2. The van der Waals surface area contributed by atoms with Crippen LogP contribution in [0.3, 0.4) is 0 Å². The fourth-order valence-corrected chi connectivity index (χ4v) is 3.85. The van der Waals surface area contributed by atoms with Crippen molar-refractivity contribution in [1.82, 2.24) is 9.78 Å². The Balaban J connectivity index is 2.61. The number of hydrogen-bond donors (Lipinski definition) is 0. The molecule has 1 aromatic heterocycles. The number of aromatic nitrogens is 2. The molecule has 2 rings (SSSR count). The first kappa shape index (κ1) is 27.4. The normalized spacial score (nSPS) is 12.2. The van der Waals surface area contributed by atoms with E-state index in [1.807, 2.05) is 0 Å². The summed E-state index contributed by atoms with van der Waals surface area (Å²) in [6.07, 6.45) is -4.87. The lowest BCUT2D eigenvalue weighted by atomic mass is 9.77. The lowest BCUT2D eigenvalue weighted by molar-refractivity contribution is -0.147. The molecule has 0 N–H and O–H groups in total. The summed E-state index contributed by atoms with van der Waals surface area (Å²) >= 11 is 0. The number of halogens is 3. The predicted octanol–water partition coefficient (Wildman–Crippen LogP) is 5.49. The van der Waals surface area contributed by atoms with Crippen molar-refractivity contribution >= 4 is 11.8 Å². The lowest BCUT2D eigenvalue weighted by Crippen LogP contribution is -2.26. The molecule has 0 aliphatic carbocycles. The van der Waals surface area contributed by atoms with Gasteiger partial charge in [-0.15, -0.1) is 0 Å². The fraction of sp³-hybridized carbons (Fsp3) is 0.560. The van der Waals surface area contributed by atoms with E-state index in [1.165, 1.54) is 7.11 Å². The third kappa shape index (κ3) is 7.08. The number of ether oxygens (including phenoxy) is 2. The molecule has 0 saturated carbocycles. The van der Waals surface area contributed by atoms with Gasteiger partial charge in [-0.2, -0.15) is 18.3 Å². The number of nitrogens with zero attached hydrogens (tertiary/aromatic N) is 2. The van der Waals surface area contributed by atoms with E-state index in [2.05, 4.69) is 5.10 Å². The molecule has 34 heavy (non-hydrogen) atoms. The standard InChI is InChI=1S/C25H33F3N2O4/c1-7-18(31)12-13-24(4,5)22-20(14-21(32)34-16(2)3)29-30(23(22)25(26,27)28)15-17-8-10-19(33-6)11-9-17/h8-11,16H,7,12-15H2,1-6H3. The average Bonchev–Trinajstić information content (AvgIpc) is 3.10. The van der Waals surface area contributed by atoms with E-state index in [1.54, 1.807) is 58.9 Å². The zero-order valence-corrected chi connectivity index (χ0v) is 20.6. The molecule has 1 heterocycles. The Kier molecular flexibility index (Phi) is 8.91. The van der Waals surface area contributed by atoms with Crippen LogP contribution in [0.1, 0.15) is 76.4 Å². The number of alkyl halides is 3. The third-order valence-corrected chi connectivity index (χ3v) is 5.56. The minimum Gasteiger partial charge on any atom is -0.497 e. The maximum Gasteiger partial charge on any atom is 0.433 e. The summed E-state index contributed by atoms with van der Waals surface area (Å²) in [4.78, 5) is 24.3. The molecule has 6 nitrogen and oxygen atoms in total. The van der Waals surface area contributed by atoms with Crippen molar-refractivity contribution in [2.45, 2.75) is 84.5 Å². The topological polar surface area (TPSA) is 70.4 Å². The molecule has 9 heteroatoms. The molecule has 0 bridgehead atoms. The van der Waals surface area contributed by atoms with Crippen LogP contribution < -0.4 is 4.74 Å². The SMILES string of the molecule is CCC(=O)CCC(C)(C)c1c(CC(=O)OC(C)C)nn(Cc2ccc(OC)cc2)c1C(F)(F)F. The Bertz CT molecular complexity index is 993. The summed E-state index contributed by atoms with van der Waals surface area (Å²) in [6.45, 7) is 8.21. The zero-order valence-electron chi connectivity index (χ0n) is 20.6. The molecular weight excluding hydrogens is 449 g/mol. The van der Waals surface area contributed by atoms with Crippen LogP contribution in [0.15, 0.2) is 24.3 Å². The van der Waals surface area contributed by atoms with Crippen LogP contribution in [-0.4, -0.2) is 34.7 Å². The van der Waals surface area contributed by atoms with Crippen molar-refractivity contribution in [3.05, 3.63) is 46.8 Å². The Hall–Kier alpha value is -2.84. The third-order valence-electron chi connectivity index (χ3n) is 5.56. The number of ketones is 1. The van der Waals surface area contributed by atoms with E-state index in [9.17, 15) is 22.8 Å². The zero-order chi connectivity index (χ0) is 25.7. The Morgan fingerprint density at radius 1 is 1.12 bits per heavy atom. The Morgan fingerprint density at radius 2 is 1.74 bits per heavy atom. The van der Waals surface area contributed by atoms with E-state index in [0.717, 1.165) is 4.68 Å². The lowest BCUT2D eigenvalue weighted by Gasteiger charge is -2.27. The van der Waals surface area contributed by atoms with E-state index in [0.29, 0.717) is 17.7 Å². The van der Waals surface area contributed by atoms with Gasteiger partial charge in [-0.25, -0.2) is 0 Å². The van der Waals surface area contributed by atoms with Crippen LogP contribution in [0, 0.1) is 0 Å². The van der Waals surface area contributed by atoms with Crippen LogP contribution in [0.25, 0.3) is 0 Å². The first-order valence-corrected chi connectivity index (χ1v) is 11.3. The molecule has 0 fully saturated rings. The van der Waals surface area contributed by atoms with Gasteiger partial charge in [0.05, 0.1) is 31.9 Å². The Morgan fingerprint density at radius 3 is 2.24 bits per heavy atom. The fourth-order valence-electron chi connectivity index (χ4n) is 3.85. The molecule has 0 aliphatic rings. The number of Topliss-reactive ketones (excluding diaryl/α,β-unsaturated/α-hetero) is 1. The van der Waals surface area contributed by atoms with Crippen LogP contribution in [0.4, 0.5) is 13.2 Å². The molecule has 0 radical (unpaired) electrons. The van der Waals surface area contributed by atoms with Crippen molar-refractivity contribution in [2.24, 2.45) is 0 Å². The van der Waals surface area contributed by atoms with Gasteiger partial charge in [-0.3, -0.25) is 14.3 Å². The van der Waals surface area contributed by atoms with Gasteiger partial charge in [0.2, 0.25) is 0 Å². The summed E-state index contributed by atoms with van der Waals surface area (Å²) in [5.41, 5.74) is -1.43. The highest BCUT2D eigenvalue weighted by Gasteiger charge is 2.44. The number of carbonyl (C=O) groups is 2. The second-order valence-electron chi connectivity index (χ2n) is 9.17. The molecule has 1 aromatic carbocycles. The van der Waals surface area contributed by atoms with Crippen LogP contribution >= 0.6 is 0 Å². The smallest absolute Gasteiger partial charge is 0.433 e. The summed E-state index contributed by atoms with van der Waals surface area (Å²) in [5.74, 6) is -0.104. The first-order chi connectivity index (χ1) is 15.8. The van der Waals surface area contributed by atoms with Crippen molar-refractivity contribution in [2.75, 3.05) is 7.11 Å². The van der Waals surface area contributed by atoms with Gasteiger partial charge in [0, 0.05) is 18.4 Å². The molecular formula is C25H33F3N2O4. The number of benzene rings is 1. The molecule has 0 atom stereocenters. The maximum absolute atomic E-state index is 14.4. The monoisotopic (exact) mass is 482 g/mol. The molecule has 188 valence electrons.